The molecule has 0 saturated carbocycles. The van der Waals surface area contributed by atoms with E-state index in [1.54, 1.807) is 0 Å². The fourth-order valence-corrected chi connectivity index (χ4v) is 3.36. The zero-order valence-electron chi connectivity index (χ0n) is 12.2. The van der Waals surface area contributed by atoms with Gasteiger partial charge in [-0.15, -0.1) is 0 Å². The Labute approximate surface area is 122 Å². The van der Waals surface area contributed by atoms with Crippen molar-refractivity contribution in [2.45, 2.75) is 12.8 Å². The lowest BCUT2D eigenvalue weighted by molar-refractivity contribution is 0.0279. The molecule has 3 aliphatic rings. The van der Waals surface area contributed by atoms with Crippen molar-refractivity contribution in [1.82, 2.24) is 4.90 Å². The molecule has 2 aliphatic carbocycles. The van der Waals surface area contributed by atoms with Crippen molar-refractivity contribution in [1.29, 1.82) is 0 Å². The highest BCUT2D eigenvalue weighted by Crippen LogP contribution is 2.28. The van der Waals surface area contributed by atoms with Crippen molar-refractivity contribution in [3.8, 4) is 0 Å². The van der Waals surface area contributed by atoms with Gasteiger partial charge in [-0.25, -0.2) is 0 Å². The molecule has 0 N–H and O–H groups in total. The molecule has 1 aliphatic heterocycles. The Kier molecular flexibility index (Phi) is 4.88. The minimum absolute atomic E-state index is 0.632. The Morgan fingerprint density at radius 2 is 1.60 bits per heavy atom. The molecular formula is C18H25NO. The average Bonchev–Trinajstić information content (AvgIpc) is 3.18. The van der Waals surface area contributed by atoms with Crippen LogP contribution in [-0.4, -0.2) is 37.7 Å². The Morgan fingerprint density at radius 3 is 2.30 bits per heavy atom. The molecule has 1 saturated heterocycles. The number of rotatable bonds is 6. The monoisotopic (exact) mass is 271 g/mol. The molecule has 0 aromatic carbocycles. The minimum atomic E-state index is 0.632. The average molecular weight is 271 g/mol. The van der Waals surface area contributed by atoms with Crippen LogP contribution in [0.3, 0.4) is 0 Å². The van der Waals surface area contributed by atoms with E-state index in [1.165, 1.54) is 19.4 Å². The van der Waals surface area contributed by atoms with Gasteiger partial charge in [0.1, 0.15) is 0 Å². The van der Waals surface area contributed by atoms with E-state index in [2.05, 4.69) is 53.5 Å². The van der Waals surface area contributed by atoms with Crippen molar-refractivity contribution in [2.75, 3.05) is 32.8 Å². The first-order valence-corrected chi connectivity index (χ1v) is 7.92. The molecular weight excluding hydrogens is 246 g/mol. The van der Waals surface area contributed by atoms with Crippen LogP contribution >= 0.6 is 0 Å². The van der Waals surface area contributed by atoms with E-state index in [0.717, 1.165) is 32.2 Å². The highest BCUT2D eigenvalue weighted by atomic mass is 16.5. The molecule has 1 unspecified atom stereocenters. The first-order chi connectivity index (χ1) is 9.92. The van der Waals surface area contributed by atoms with Crippen LogP contribution in [0, 0.1) is 17.8 Å². The predicted octanol–water partition coefficient (Wildman–Crippen LogP) is 3.20. The molecule has 3 rings (SSSR count). The molecule has 108 valence electrons. The zero-order chi connectivity index (χ0) is 13.6. The number of ether oxygens (including phenoxy) is 1. The molecule has 1 heterocycles. The van der Waals surface area contributed by atoms with Gasteiger partial charge in [-0.05, 0) is 30.6 Å². The molecule has 0 spiro atoms. The van der Waals surface area contributed by atoms with Gasteiger partial charge in [0.25, 0.3) is 0 Å². The topological polar surface area (TPSA) is 12.5 Å². The van der Waals surface area contributed by atoms with E-state index >= 15 is 0 Å². The first kappa shape index (κ1) is 13.8. The Hall–Kier alpha value is -1.12. The molecule has 2 nitrogen and oxygen atoms in total. The van der Waals surface area contributed by atoms with Crippen LogP contribution in [0.5, 0.6) is 0 Å². The molecule has 0 bridgehead atoms. The summed E-state index contributed by atoms with van der Waals surface area (Å²) in [6.45, 7) is 5.21. The van der Waals surface area contributed by atoms with Crippen LogP contribution in [0.25, 0.3) is 0 Å². The van der Waals surface area contributed by atoms with Crippen LogP contribution in [-0.2, 0) is 4.74 Å². The molecule has 2 heteroatoms. The summed E-state index contributed by atoms with van der Waals surface area (Å²) in [4.78, 5) is 2.58. The standard InChI is InChI=1S/C18H25NO/c1-2-6-16(5-1)9-10-18(17-7-3-4-8-17)15-19-11-13-20-14-12-19/h1-8,16-18H,9-15H2. The van der Waals surface area contributed by atoms with E-state index in [0.29, 0.717) is 11.8 Å². The second kappa shape index (κ2) is 7.05. The van der Waals surface area contributed by atoms with E-state index in [9.17, 15) is 0 Å². The third-order valence-corrected chi connectivity index (χ3v) is 4.62. The summed E-state index contributed by atoms with van der Waals surface area (Å²) in [6, 6.07) is 0. The van der Waals surface area contributed by atoms with E-state index in [1.807, 2.05) is 0 Å². The third kappa shape index (κ3) is 3.71. The fraction of sp³-hybridized carbons (Fsp3) is 0.556. The lowest BCUT2D eigenvalue weighted by atomic mass is 9.86. The summed E-state index contributed by atoms with van der Waals surface area (Å²) in [5.41, 5.74) is 0. The van der Waals surface area contributed by atoms with Crippen molar-refractivity contribution in [3.05, 3.63) is 48.6 Å². The van der Waals surface area contributed by atoms with Crippen LogP contribution in [0.2, 0.25) is 0 Å². The maximum absolute atomic E-state index is 5.46. The van der Waals surface area contributed by atoms with E-state index in [-0.39, 0.29) is 0 Å². The van der Waals surface area contributed by atoms with Crippen molar-refractivity contribution in [3.63, 3.8) is 0 Å². The summed E-state index contributed by atoms with van der Waals surface area (Å²) in [5, 5.41) is 0. The normalized spacial score (nSPS) is 25.0. The molecule has 0 aromatic rings. The number of allylic oxidation sites excluding steroid dienone is 8. The summed E-state index contributed by atoms with van der Waals surface area (Å²) in [5.74, 6) is 2.04. The summed E-state index contributed by atoms with van der Waals surface area (Å²) >= 11 is 0. The van der Waals surface area contributed by atoms with Gasteiger partial charge in [0.15, 0.2) is 0 Å². The Balaban J connectivity index is 1.54. The largest absolute Gasteiger partial charge is 0.379 e. The maximum atomic E-state index is 5.46. The minimum Gasteiger partial charge on any atom is -0.379 e. The van der Waals surface area contributed by atoms with E-state index < -0.39 is 0 Å². The van der Waals surface area contributed by atoms with Crippen molar-refractivity contribution < 1.29 is 4.74 Å². The van der Waals surface area contributed by atoms with Gasteiger partial charge in [-0.3, -0.25) is 4.90 Å². The summed E-state index contributed by atoms with van der Waals surface area (Å²) < 4.78 is 5.46. The van der Waals surface area contributed by atoms with Gasteiger partial charge < -0.3 is 4.74 Å². The van der Waals surface area contributed by atoms with Crippen LogP contribution in [0.1, 0.15) is 12.8 Å². The number of nitrogens with zero attached hydrogens (tertiary/aromatic N) is 1. The van der Waals surface area contributed by atoms with Crippen LogP contribution in [0.15, 0.2) is 48.6 Å². The Bertz CT molecular complexity index is 391. The van der Waals surface area contributed by atoms with Gasteiger partial charge in [0, 0.05) is 19.6 Å². The summed E-state index contributed by atoms with van der Waals surface area (Å²) in [6.07, 6.45) is 20.7. The first-order valence-electron chi connectivity index (χ1n) is 7.92. The lowest BCUT2D eigenvalue weighted by Crippen LogP contribution is -2.40. The van der Waals surface area contributed by atoms with E-state index in [4.69, 9.17) is 4.74 Å². The molecule has 20 heavy (non-hydrogen) atoms. The van der Waals surface area contributed by atoms with Crippen LogP contribution < -0.4 is 0 Å². The number of morpholine rings is 1. The quantitative estimate of drug-likeness (QED) is 0.735. The molecule has 1 atom stereocenters. The second-order valence-corrected chi connectivity index (χ2v) is 6.03. The second-order valence-electron chi connectivity index (χ2n) is 6.03. The van der Waals surface area contributed by atoms with Crippen LogP contribution in [0.4, 0.5) is 0 Å². The molecule has 0 amide bonds. The fourth-order valence-electron chi connectivity index (χ4n) is 3.36. The maximum Gasteiger partial charge on any atom is 0.0594 e. The highest BCUT2D eigenvalue weighted by Gasteiger charge is 2.23. The molecule has 1 fully saturated rings. The van der Waals surface area contributed by atoms with Gasteiger partial charge in [-0.1, -0.05) is 48.6 Å². The lowest BCUT2D eigenvalue weighted by Gasteiger charge is -2.32. The zero-order valence-corrected chi connectivity index (χ0v) is 12.2. The van der Waals surface area contributed by atoms with Gasteiger partial charge in [-0.2, -0.15) is 0 Å². The van der Waals surface area contributed by atoms with Gasteiger partial charge in [0.2, 0.25) is 0 Å². The smallest absolute Gasteiger partial charge is 0.0594 e. The van der Waals surface area contributed by atoms with Crippen molar-refractivity contribution >= 4 is 0 Å². The molecule has 0 aromatic heterocycles. The Morgan fingerprint density at radius 1 is 0.950 bits per heavy atom. The van der Waals surface area contributed by atoms with Gasteiger partial charge in [0.05, 0.1) is 13.2 Å². The molecule has 0 radical (unpaired) electrons. The number of hydrogen-bond acceptors (Lipinski definition) is 2. The number of hydrogen-bond donors (Lipinski definition) is 0. The SMILES string of the molecule is C1=CC(CCC(CN2CCOCC2)C2C=CC=C2)C=C1. The predicted molar refractivity (Wildman–Crippen MR) is 83.5 cm³/mol. The summed E-state index contributed by atoms with van der Waals surface area (Å²) in [7, 11) is 0. The third-order valence-electron chi connectivity index (χ3n) is 4.62. The highest BCUT2D eigenvalue weighted by molar-refractivity contribution is 5.20. The van der Waals surface area contributed by atoms with Crippen molar-refractivity contribution in [2.24, 2.45) is 17.8 Å². The van der Waals surface area contributed by atoms with Gasteiger partial charge >= 0.3 is 0 Å².